The van der Waals surface area contributed by atoms with Gasteiger partial charge in [0, 0.05) is 5.56 Å². The molecule has 0 aliphatic heterocycles. The number of halogens is 2. The third kappa shape index (κ3) is 2.99. The van der Waals surface area contributed by atoms with Gasteiger partial charge in [-0.3, -0.25) is 0 Å². The Morgan fingerprint density at radius 1 is 1.05 bits per heavy atom. The van der Waals surface area contributed by atoms with Crippen molar-refractivity contribution in [3.05, 3.63) is 70.8 Å². The van der Waals surface area contributed by atoms with Gasteiger partial charge in [0.15, 0.2) is 0 Å². The lowest BCUT2D eigenvalue weighted by molar-refractivity contribution is 0.554. The first kappa shape index (κ1) is 13.7. The van der Waals surface area contributed by atoms with E-state index in [0.29, 0.717) is 17.7 Å². The summed E-state index contributed by atoms with van der Waals surface area (Å²) in [5.74, 6) is -0.550. The van der Waals surface area contributed by atoms with E-state index in [9.17, 15) is 8.78 Å². The van der Waals surface area contributed by atoms with Crippen molar-refractivity contribution in [3.8, 4) is 0 Å². The van der Waals surface area contributed by atoms with Crippen molar-refractivity contribution in [2.75, 3.05) is 6.54 Å². The van der Waals surface area contributed by atoms with Gasteiger partial charge in [-0.05, 0) is 36.7 Å². The molecular formula is C16H17F2N. The predicted molar refractivity (Wildman–Crippen MR) is 73.1 cm³/mol. The van der Waals surface area contributed by atoms with Gasteiger partial charge in [-0.1, -0.05) is 37.3 Å². The zero-order chi connectivity index (χ0) is 13.8. The largest absolute Gasteiger partial charge is 0.306 e. The van der Waals surface area contributed by atoms with Crippen LogP contribution in [0.5, 0.6) is 0 Å². The Balaban J connectivity index is 2.45. The number of hydrogen-bond acceptors (Lipinski definition) is 1. The molecule has 0 saturated heterocycles. The Kier molecular flexibility index (Phi) is 4.27. The van der Waals surface area contributed by atoms with Crippen LogP contribution in [0.4, 0.5) is 8.78 Å². The fourth-order valence-corrected chi connectivity index (χ4v) is 2.11. The van der Waals surface area contributed by atoms with Crippen LogP contribution in [0.25, 0.3) is 0 Å². The van der Waals surface area contributed by atoms with Crippen molar-refractivity contribution in [2.45, 2.75) is 19.9 Å². The summed E-state index contributed by atoms with van der Waals surface area (Å²) in [6.45, 7) is 4.33. The lowest BCUT2D eigenvalue weighted by Gasteiger charge is -2.20. The van der Waals surface area contributed by atoms with Gasteiger partial charge in [0.05, 0.1) is 6.04 Å². The van der Waals surface area contributed by atoms with Crippen LogP contribution in [-0.4, -0.2) is 6.54 Å². The van der Waals surface area contributed by atoms with Gasteiger partial charge in [-0.15, -0.1) is 0 Å². The van der Waals surface area contributed by atoms with E-state index in [4.69, 9.17) is 0 Å². The summed E-state index contributed by atoms with van der Waals surface area (Å²) in [4.78, 5) is 0. The second-order valence-electron chi connectivity index (χ2n) is 4.52. The van der Waals surface area contributed by atoms with E-state index in [0.717, 1.165) is 5.56 Å². The lowest BCUT2D eigenvalue weighted by Crippen LogP contribution is -2.23. The number of nitrogens with one attached hydrogen (secondary N) is 1. The molecule has 1 N–H and O–H groups in total. The smallest absolute Gasteiger partial charge is 0.128 e. The van der Waals surface area contributed by atoms with Crippen molar-refractivity contribution in [1.82, 2.24) is 5.32 Å². The quantitative estimate of drug-likeness (QED) is 0.878. The van der Waals surface area contributed by atoms with Crippen molar-refractivity contribution in [3.63, 3.8) is 0 Å². The molecule has 0 saturated carbocycles. The van der Waals surface area contributed by atoms with Crippen molar-refractivity contribution < 1.29 is 8.78 Å². The second-order valence-corrected chi connectivity index (χ2v) is 4.52. The van der Waals surface area contributed by atoms with E-state index in [2.05, 4.69) is 5.32 Å². The number of rotatable bonds is 4. The molecule has 0 aromatic heterocycles. The van der Waals surface area contributed by atoms with E-state index in [1.54, 1.807) is 31.2 Å². The zero-order valence-electron chi connectivity index (χ0n) is 11.1. The minimum Gasteiger partial charge on any atom is -0.306 e. The molecule has 100 valence electrons. The number of hydrogen-bond donors (Lipinski definition) is 1. The fourth-order valence-electron chi connectivity index (χ4n) is 2.11. The lowest BCUT2D eigenvalue weighted by atomic mass is 9.97. The Bertz CT molecular complexity index is 566. The van der Waals surface area contributed by atoms with Gasteiger partial charge in [0.25, 0.3) is 0 Å². The van der Waals surface area contributed by atoms with E-state index >= 15 is 0 Å². The normalized spacial score (nSPS) is 12.4. The molecule has 2 aromatic carbocycles. The molecule has 1 nitrogen and oxygen atoms in total. The molecule has 0 bridgehead atoms. The monoisotopic (exact) mass is 261 g/mol. The standard InChI is InChI=1S/C16H17F2N/c1-3-19-16(13-6-4-5-7-14(13)17)12-9-8-11(2)15(18)10-12/h4-10,16,19H,3H2,1-2H3. The zero-order valence-corrected chi connectivity index (χ0v) is 11.1. The Morgan fingerprint density at radius 3 is 2.42 bits per heavy atom. The summed E-state index contributed by atoms with van der Waals surface area (Å²) >= 11 is 0. The number of aryl methyl sites for hydroxylation is 1. The molecule has 0 spiro atoms. The van der Waals surface area contributed by atoms with Crippen LogP contribution in [0, 0.1) is 18.6 Å². The van der Waals surface area contributed by atoms with Gasteiger partial charge >= 0.3 is 0 Å². The van der Waals surface area contributed by atoms with Crippen LogP contribution in [-0.2, 0) is 0 Å². The summed E-state index contributed by atoms with van der Waals surface area (Å²) in [6.07, 6.45) is 0. The molecule has 0 fully saturated rings. The highest BCUT2D eigenvalue weighted by Crippen LogP contribution is 2.25. The molecule has 3 heteroatoms. The molecule has 2 rings (SSSR count). The van der Waals surface area contributed by atoms with Gasteiger partial charge in [-0.25, -0.2) is 8.78 Å². The van der Waals surface area contributed by atoms with Crippen LogP contribution in [0.2, 0.25) is 0 Å². The average Bonchev–Trinajstić information content (AvgIpc) is 2.40. The second kappa shape index (κ2) is 5.93. The minimum atomic E-state index is -0.332. The van der Waals surface area contributed by atoms with Gasteiger partial charge < -0.3 is 5.32 Å². The molecule has 1 unspecified atom stereocenters. The van der Waals surface area contributed by atoms with Crippen LogP contribution in [0.1, 0.15) is 29.7 Å². The molecule has 0 heterocycles. The fraction of sp³-hybridized carbons (Fsp3) is 0.250. The highest BCUT2D eigenvalue weighted by Gasteiger charge is 2.17. The first-order valence-electron chi connectivity index (χ1n) is 6.37. The summed E-state index contributed by atoms with van der Waals surface area (Å²) in [5.41, 5.74) is 1.86. The third-order valence-electron chi connectivity index (χ3n) is 3.15. The predicted octanol–water partition coefficient (Wildman–Crippen LogP) is 3.97. The molecule has 2 aromatic rings. The van der Waals surface area contributed by atoms with Gasteiger partial charge in [0.1, 0.15) is 11.6 Å². The first-order valence-corrected chi connectivity index (χ1v) is 6.37. The van der Waals surface area contributed by atoms with Crippen molar-refractivity contribution >= 4 is 0 Å². The molecule has 0 radical (unpaired) electrons. The van der Waals surface area contributed by atoms with Gasteiger partial charge in [-0.2, -0.15) is 0 Å². The first-order chi connectivity index (χ1) is 9.13. The van der Waals surface area contributed by atoms with Gasteiger partial charge in [0.2, 0.25) is 0 Å². The summed E-state index contributed by atoms with van der Waals surface area (Å²) in [5, 5.41) is 3.20. The summed E-state index contributed by atoms with van der Waals surface area (Å²) in [6, 6.07) is 11.3. The maximum atomic E-state index is 13.9. The van der Waals surface area contributed by atoms with E-state index in [-0.39, 0.29) is 17.7 Å². The van der Waals surface area contributed by atoms with Crippen LogP contribution in [0.3, 0.4) is 0 Å². The number of benzene rings is 2. The van der Waals surface area contributed by atoms with Crippen LogP contribution in [0.15, 0.2) is 42.5 Å². The van der Waals surface area contributed by atoms with Crippen molar-refractivity contribution in [1.29, 1.82) is 0 Å². The van der Waals surface area contributed by atoms with E-state index < -0.39 is 0 Å². The average molecular weight is 261 g/mol. The highest BCUT2D eigenvalue weighted by molar-refractivity contribution is 5.34. The molecule has 0 amide bonds. The maximum Gasteiger partial charge on any atom is 0.128 e. The Morgan fingerprint density at radius 2 is 1.79 bits per heavy atom. The van der Waals surface area contributed by atoms with Crippen LogP contribution >= 0.6 is 0 Å². The topological polar surface area (TPSA) is 12.0 Å². The highest BCUT2D eigenvalue weighted by atomic mass is 19.1. The summed E-state index contributed by atoms with van der Waals surface area (Å²) in [7, 11) is 0. The third-order valence-corrected chi connectivity index (χ3v) is 3.15. The van der Waals surface area contributed by atoms with E-state index in [1.165, 1.54) is 12.1 Å². The minimum absolute atomic E-state index is 0.267. The van der Waals surface area contributed by atoms with Crippen molar-refractivity contribution in [2.24, 2.45) is 0 Å². The van der Waals surface area contributed by atoms with Crippen LogP contribution < -0.4 is 5.32 Å². The molecule has 1 atom stereocenters. The molecular weight excluding hydrogens is 244 g/mol. The maximum absolute atomic E-state index is 13.9. The molecule has 0 aliphatic rings. The Hall–Kier alpha value is -1.74. The Labute approximate surface area is 112 Å². The SMILES string of the molecule is CCNC(c1ccc(C)c(F)c1)c1ccccc1F. The molecule has 19 heavy (non-hydrogen) atoms. The summed E-state index contributed by atoms with van der Waals surface area (Å²) < 4.78 is 27.6. The van der Waals surface area contributed by atoms with E-state index in [1.807, 2.05) is 13.0 Å². The molecule has 0 aliphatic carbocycles.